The van der Waals surface area contributed by atoms with Gasteiger partial charge in [-0.1, -0.05) is 47.6 Å². The standard InChI is InChI=1S/C23H21N5O2/c1-15-21(22(27-30-15)16-7-3-2-4-8-16)23(29)28-12-11-17(14-28)25-20-13-24-18-9-5-6-10-19(18)26-20/h2-10,13,17H,11-12,14H2,1H3,(H,25,26). The molecule has 2 aromatic heterocycles. The number of amides is 1. The van der Waals surface area contributed by atoms with Gasteiger partial charge in [0.1, 0.15) is 22.8 Å². The SMILES string of the molecule is Cc1onc(-c2ccccc2)c1C(=O)N1CCC(Nc2cnc3ccccc3n2)C1. The highest BCUT2D eigenvalue weighted by atomic mass is 16.5. The van der Waals surface area contributed by atoms with Gasteiger partial charge in [0.25, 0.3) is 5.91 Å². The van der Waals surface area contributed by atoms with Crippen molar-refractivity contribution in [1.82, 2.24) is 20.0 Å². The fourth-order valence-corrected chi connectivity index (χ4v) is 3.87. The maximum Gasteiger partial charge on any atom is 0.259 e. The fourth-order valence-electron chi connectivity index (χ4n) is 3.87. The second kappa shape index (κ2) is 7.59. The number of nitrogens with one attached hydrogen (secondary N) is 1. The largest absolute Gasteiger partial charge is 0.364 e. The third-order valence-corrected chi connectivity index (χ3v) is 5.40. The van der Waals surface area contributed by atoms with Gasteiger partial charge in [-0.25, -0.2) is 4.98 Å². The van der Waals surface area contributed by atoms with Crippen LogP contribution in [0.2, 0.25) is 0 Å². The first-order chi connectivity index (χ1) is 14.7. The summed E-state index contributed by atoms with van der Waals surface area (Å²) < 4.78 is 5.36. The summed E-state index contributed by atoms with van der Waals surface area (Å²) in [5.74, 6) is 1.20. The van der Waals surface area contributed by atoms with Crippen LogP contribution in [0, 0.1) is 6.92 Å². The molecule has 1 fully saturated rings. The van der Waals surface area contributed by atoms with Gasteiger partial charge < -0.3 is 14.7 Å². The van der Waals surface area contributed by atoms with Gasteiger partial charge in [-0.05, 0) is 25.5 Å². The molecule has 4 aromatic rings. The first-order valence-electron chi connectivity index (χ1n) is 9.98. The van der Waals surface area contributed by atoms with Crippen molar-refractivity contribution < 1.29 is 9.32 Å². The van der Waals surface area contributed by atoms with Crippen LogP contribution >= 0.6 is 0 Å². The van der Waals surface area contributed by atoms with Crippen molar-refractivity contribution >= 4 is 22.8 Å². The molecular weight excluding hydrogens is 378 g/mol. The maximum absolute atomic E-state index is 13.3. The summed E-state index contributed by atoms with van der Waals surface area (Å²) in [7, 11) is 0. The van der Waals surface area contributed by atoms with Gasteiger partial charge in [0.2, 0.25) is 0 Å². The fraction of sp³-hybridized carbons (Fsp3) is 0.217. The van der Waals surface area contributed by atoms with Crippen LogP contribution < -0.4 is 5.32 Å². The van der Waals surface area contributed by atoms with E-state index in [0.29, 0.717) is 30.1 Å². The van der Waals surface area contributed by atoms with E-state index < -0.39 is 0 Å². The molecule has 1 saturated heterocycles. The maximum atomic E-state index is 13.3. The monoisotopic (exact) mass is 399 g/mol. The Morgan fingerprint density at radius 2 is 1.87 bits per heavy atom. The Labute approximate surface area is 173 Å². The van der Waals surface area contributed by atoms with Crippen molar-refractivity contribution in [2.45, 2.75) is 19.4 Å². The lowest BCUT2D eigenvalue weighted by Gasteiger charge is -2.17. The van der Waals surface area contributed by atoms with Crippen LogP contribution in [0.25, 0.3) is 22.3 Å². The second-order valence-corrected chi connectivity index (χ2v) is 7.45. The lowest BCUT2D eigenvalue weighted by Crippen LogP contribution is -2.32. The number of nitrogens with zero attached hydrogens (tertiary/aromatic N) is 4. The van der Waals surface area contributed by atoms with E-state index in [1.165, 1.54) is 0 Å². The molecule has 5 rings (SSSR count). The predicted molar refractivity (Wildman–Crippen MR) is 114 cm³/mol. The van der Waals surface area contributed by atoms with Crippen molar-refractivity contribution in [3.63, 3.8) is 0 Å². The number of hydrogen-bond acceptors (Lipinski definition) is 6. The van der Waals surface area contributed by atoms with E-state index in [-0.39, 0.29) is 11.9 Å². The number of aryl methyl sites for hydroxylation is 1. The summed E-state index contributed by atoms with van der Waals surface area (Å²) in [6, 6.07) is 17.5. The number of benzene rings is 2. The molecule has 150 valence electrons. The van der Waals surface area contributed by atoms with Crippen LogP contribution in [0.4, 0.5) is 5.82 Å². The van der Waals surface area contributed by atoms with E-state index in [0.717, 1.165) is 28.8 Å². The van der Waals surface area contributed by atoms with Crippen LogP contribution in [-0.2, 0) is 0 Å². The number of fused-ring (bicyclic) bond motifs is 1. The quantitative estimate of drug-likeness (QED) is 0.560. The molecular formula is C23H21N5O2. The number of para-hydroxylation sites is 2. The van der Waals surface area contributed by atoms with Crippen molar-refractivity contribution in [1.29, 1.82) is 0 Å². The van der Waals surface area contributed by atoms with Crippen molar-refractivity contribution in [3.8, 4) is 11.3 Å². The number of aromatic nitrogens is 3. The Hall–Kier alpha value is -3.74. The molecule has 1 unspecified atom stereocenters. The van der Waals surface area contributed by atoms with Crippen LogP contribution in [0.1, 0.15) is 22.5 Å². The minimum absolute atomic E-state index is 0.0542. The van der Waals surface area contributed by atoms with E-state index in [9.17, 15) is 4.79 Å². The normalized spacial score (nSPS) is 16.2. The Bertz CT molecular complexity index is 1200. The Balaban J connectivity index is 1.32. The van der Waals surface area contributed by atoms with Crippen LogP contribution in [0.5, 0.6) is 0 Å². The van der Waals surface area contributed by atoms with Crippen LogP contribution in [-0.4, -0.2) is 45.1 Å². The zero-order chi connectivity index (χ0) is 20.5. The lowest BCUT2D eigenvalue weighted by molar-refractivity contribution is 0.0790. The average Bonchev–Trinajstić information content (AvgIpc) is 3.40. The predicted octanol–water partition coefficient (Wildman–Crippen LogP) is 3.92. The highest BCUT2D eigenvalue weighted by Crippen LogP contribution is 2.28. The Morgan fingerprint density at radius 1 is 1.10 bits per heavy atom. The number of hydrogen-bond donors (Lipinski definition) is 1. The van der Waals surface area contributed by atoms with Crippen molar-refractivity contribution in [3.05, 3.63) is 72.1 Å². The van der Waals surface area contributed by atoms with Gasteiger partial charge in [-0.2, -0.15) is 0 Å². The average molecular weight is 399 g/mol. The van der Waals surface area contributed by atoms with Gasteiger partial charge in [-0.3, -0.25) is 9.78 Å². The van der Waals surface area contributed by atoms with E-state index in [4.69, 9.17) is 4.52 Å². The lowest BCUT2D eigenvalue weighted by atomic mass is 10.1. The summed E-state index contributed by atoms with van der Waals surface area (Å²) in [5, 5.41) is 7.56. The first kappa shape index (κ1) is 18.3. The van der Waals surface area contributed by atoms with Gasteiger partial charge in [0.15, 0.2) is 0 Å². The molecule has 0 bridgehead atoms. The molecule has 7 heteroatoms. The molecule has 2 aromatic carbocycles. The number of anilines is 1. The van der Waals surface area contributed by atoms with Gasteiger partial charge in [0, 0.05) is 24.7 Å². The van der Waals surface area contributed by atoms with Crippen LogP contribution in [0.15, 0.2) is 65.3 Å². The molecule has 1 atom stereocenters. The molecule has 3 heterocycles. The Morgan fingerprint density at radius 3 is 2.70 bits per heavy atom. The molecule has 1 aliphatic heterocycles. The highest BCUT2D eigenvalue weighted by Gasteiger charge is 2.31. The van der Waals surface area contributed by atoms with Crippen LogP contribution in [0.3, 0.4) is 0 Å². The van der Waals surface area contributed by atoms with E-state index in [2.05, 4.69) is 20.4 Å². The number of carbonyl (C=O) groups is 1. The van der Waals surface area contributed by atoms with Gasteiger partial charge in [0.05, 0.1) is 17.2 Å². The minimum atomic E-state index is -0.0542. The van der Waals surface area contributed by atoms with Crippen molar-refractivity contribution in [2.75, 3.05) is 18.4 Å². The minimum Gasteiger partial charge on any atom is -0.364 e. The third-order valence-electron chi connectivity index (χ3n) is 5.40. The summed E-state index contributed by atoms with van der Waals surface area (Å²) in [6.45, 7) is 3.03. The molecule has 1 amide bonds. The number of likely N-dealkylation sites (tertiary alicyclic amines) is 1. The molecule has 0 saturated carbocycles. The van der Waals surface area contributed by atoms with Gasteiger partial charge >= 0.3 is 0 Å². The smallest absolute Gasteiger partial charge is 0.259 e. The van der Waals surface area contributed by atoms with Crippen molar-refractivity contribution in [2.24, 2.45) is 0 Å². The zero-order valence-corrected chi connectivity index (χ0v) is 16.6. The Kier molecular flexibility index (Phi) is 4.63. The zero-order valence-electron chi connectivity index (χ0n) is 16.6. The molecule has 0 aliphatic carbocycles. The molecule has 0 spiro atoms. The van der Waals surface area contributed by atoms with E-state index in [1.54, 1.807) is 13.1 Å². The summed E-state index contributed by atoms with van der Waals surface area (Å²) in [4.78, 5) is 24.2. The number of carbonyl (C=O) groups excluding carboxylic acids is 1. The molecule has 0 radical (unpaired) electrons. The third kappa shape index (κ3) is 3.39. The molecule has 7 nitrogen and oxygen atoms in total. The van der Waals surface area contributed by atoms with E-state index in [1.807, 2.05) is 59.5 Å². The van der Waals surface area contributed by atoms with Gasteiger partial charge in [-0.15, -0.1) is 0 Å². The topological polar surface area (TPSA) is 84.2 Å². The highest BCUT2D eigenvalue weighted by molar-refractivity contribution is 6.01. The second-order valence-electron chi connectivity index (χ2n) is 7.45. The molecule has 1 N–H and O–H groups in total. The molecule has 1 aliphatic rings. The van der Waals surface area contributed by atoms with E-state index >= 15 is 0 Å². The molecule has 30 heavy (non-hydrogen) atoms. The first-order valence-corrected chi connectivity index (χ1v) is 9.98. The summed E-state index contributed by atoms with van der Waals surface area (Å²) in [5.41, 5.74) is 3.71. The summed E-state index contributed by atoms with van der Waals surface area (Å²) >= 11 is 0. The number of rotatable bonds is 4. The summed E-state index contributed by atoms with van der Waals surface area (Å²) in [6.07, 6.45) is 2.58.